The number of alkyl halides is 6. The molecule has 0 fully saturated rings. The first-order valence-corrected chi connectivity index (χ1v) is 47.9. The first-order valence-electron chi connectivity index (χ1n) is 47.0. The molecule has 735 valence electrons. The zero-order chi connectivity index (χ0) is 99.9. The van der Waals surface area contributed by atoms with Gasteiger partial charge in [0.15, 0.2) is 0 Å². The zero-order valence-corrected chi connectivity index (χ0v) is 86.2. The van der Waals surface area contributed by atoms with Gasteiger partial charge in [0.1, 0.15) is 11.3 Å². The van der Waals surface area contributed by atoms with E-state index in [1.54, 1.807) is 38.1 Å². The van der Waals surface area contributed by atoms with Gasteiger partial charge in [0, 0.05) is 132 Å². The van der Waals surface area contributed by atoms with Gasteiger partial charge in [-0.3, -0.25) is 20.2 Å². The maximum absolute atomic E-state index is 12.9. The molecule has 14 aromatic carbocycles. The summed E-state index contributed by atoms with van der Waals surface area (Å²) in [6, 6.07) is 136. The van der Waals surface area contributed by atoms with Crippen LogP contribution in [0.3, 0.4) is 0 Å². The van der Waals surface area contributed by atoms with E-state index >= 15 is 0 Å². The van der Waals surface area contributed by atoms with E-state index in [0.29, 0.717) is 57.3 Å². The fourth-order valence-corrected chi connectivity index (χ4v) is 18.9. The Morgan fingerprint density at radius 2 is 0.733 bits per heavy atom. The molecule has 8 bridgehead atoms. The van der Waals surface area contributed by atoms with Gasteiger partial charge in [0.2, 0.25) is 0 Å². The van der Waals surface area contributed by atoms with Crippen LogP contribution in [0.15, 0.2) is 413 Å². The fraction of sp³-hybridized carbons (Fsp3) is 0.0500. The minimum Gasteiger partial charge on any atom is -0.616 e. The van der Waals surface area contributed by atoms with Gasteiger partial charge < -0.3 is 61.0 Å². The molecule has 0 amide bonds. The molecule has 150 heavy (non-hydrogen) atoms. The average Bonchev–Trinajstić information content (AvgIpc) is 1.58. The molecule has 11 aromatic heterocycles. The topological polar surface area (TPSA) is 221 Å². The second-order valence-electron chi connectivity index (χ2n) is 35.1. The van der Waals surface area contributed by atoms with Crippen LogP contribution in [0.4, 0.5) is 26.3 Å². The minimum absolute atomic E-state index is 0. The molecular weight excluding hydrogens is 2320 g/mol. The van der Waals surface area contributed by atoms with E-state index in [9.17, 15) is 26.3 Å². The Hall–Kier alpha value is -16.9. The summed E-state index contributed by atoms with van der Waals surface area (Å²) < 4.78 is 95.4. The number of hydrogen-bond acceptors (Lipinski definition) is 14. The molecule has 0 spiro atoms. The normalized spacial score (nSPS) is 11.5. The van der Waals surface area contributed by atoms with Crippen molar-refractivity contribution in [3.8, 4) is 102 Å². The summed E-state index contributed by atoms with van der Waals surface area (Å²) in [5, 5.41) is 19.1. The number of rotatable bonds is 12. The van der Waals surface area contributed by atoms with Crippen LogP contribution in [-0.4, -0.2) is 94.4 Å². The molecule has 20 nitrogen and oxygen atoms in total. The van der Waals surface area contributed by atoms with Gasteiger partial charge in [-0.2, -0.15) is 26.3 Å². The molecule has 0 saturated carbocycles. The molecule has 2 aliphatic heterocycles. The maximum atomic E-state index is 12.9. The van der Waals surface area contributed by atoms with E-state index in [1.165, 1.54) is 89.0 Å². The van der Waals surface area contributed by atoms with Crippen LogP contribution < -0.4 is 17.5 Å². The fourth-order valence-electron chi connectivity index (χ4n) is 18.3. The molecule has 13 heterocycles. The molecule has 0 N–H and O–H groups in total. The van der Waals surface area contributed by atoms with Crippen molar-refractivity contribution >= 4 is 125 Å². The predicted molar refractivity (Wildman–Crippen MR) is 563 cm³/mol. The summed E-state index contributed by atoms with van der Waals surface area (Å²) in [7, 11) is 0. The number of nitrogens with zero attached hydrogens (tertiary/aromatic N) is 18. The molecule has 0 unspecified atom stereocenters. The van der Waals surface area contributed by atoms with Crippen molar-refractivity contribution in [2.75, 3.05) is 0 Å². The molecule has 30 heteroatoms. The van der Waals surface area contributed by atoms with E-state index in [0.717, 1.165) is 105 Å². The number of para-hydroxylation sites is 5. The van der Waals surface area contributed by atoms with Crippen molar-refractivity contribution < 1.29 is 92.2 Å². The van der Waals surface area contributed by atoms with Crippen molar-refractivity contribution in [2.24, 2.45) is 0 Å². The third kappa shape index (κ3) is 20.3. The van der Waals surface area contributed by atoms with Crippen molar-refractivity contribution in [1.82, 2.24) is 88.5 Å². The van der Waals surface area contributed by atoms with Gasteiger partial charge >= 0.3 is 66.4 Å². The van der Waals surface area contributed by atoms with E-state index in [2.05, 4.69) is 222 Å². The number of aromatic nitrogens is 18. The second-order valence-corrected chi connectivity index (χ2v) is 35.8. The van der Waals surface area contributed by atoms with Crippen LogP contribution in [0.1, 0.15) is 42.3 Å². The van der Waals surface area contributed by atoms with Crippen LogP contribution in [-0.2, 0) is 76.0 Å². The van der Waals surface area contributed by atoms with E-state index in [1.807, 2.05) is 207 Å². The summed E-state index contributed by atoms with van der Waals surface area (Å²) in [5.74, 6) is 4.01. The number of halogens is 6. The van der Waals surface area contributed by atoms with Crippen LogP contribution in [0.2, 0.25) is 0 Å². The predicted octanol–water partition coefficient (Wildman–Crippen LogP) is 27.7. The quantitative estimate of drug-likeness (QED) is 0.0630. The summed E-state index contributed by atoms with van der Waals surface area (Å²) >= 11 is -0.665. The van der Waals surface area contributed by atoms with E-state index < -0.39 is 45.0 Å². The number of hydrogen-bond donors (Lipinski definition) is 0. The second kappa shape index (κ2) is 42.9. The Morgan fingerprint density at radius 3 is 1.17 bits per heavy atom. The Kier molecular flexibility index (Phi) is 28.7. The third-order valence-electron chi connectivity index (χ3n) is 25.4. The van der Waals surface area contributed by atoms with Crippen LogP contribution in [0.5, 0.6) is 11.5 Å². The monoisotopic (exact) mass is 2390 g/mol. The van der Waals surface area contributed by atoms with Gasteiger partial charge in [-0.25, -0.2) is 15.0 Å². The summed E-state index contributed by atoms with van der Waals surface area (Å²) in [6.07, 6.45) is -2.60. The molecule has 0 atom stereocenters. The van der Waals surface area contributed by atoms with Crippen LogP contribution >= 0.6 is 0 Å². The van der Waals surface area contributed by atoms with Crippen LogP contribution in [0.25, 0.3) is 200 Å². The van der Waals surface area contributed by atoms with E-state index in [4.69, 9.17) is 47.4 Å². The van der Waals surface area contributed by atoms with Crippen molar-refractivity contribution in [2.45, 2.75) is 38.5 Å². The minimum atomic E-state index is -4.61. The molecule has 2 aliphatic rings. The van der Waals surface area contributed by atoms with Gasteiger partial charge in [-0.1, -0.05) is 298 Å². The molecular formula is C120H77AlCuF6IrN18O2Pt-. The van der Waals surface area contributed by atoms with Gasteiger partial charge in [-0.15, -0.1) is 48.0 Å². The summed E-state index contributed by atoms with van der Waals surface area (Å²) in [4.78, 5) is 57.1. The first-order chi connectivity index (χ1) is 71.8. The van der Waals surface area contributed by atoms with Crippen molar-refractivity contribution in [3.05, 3.63) is 460 Å². The molecule has 25 aromatic rings. The maximum Gasteiger partial charge on any atom is 2.00 e. The smallest absolute Gasteiger partial charge is 0.616 e. The SMILES string of the molecule is CC(C)(c1cccc(-n2[c-]cc(C(F)(F)F)n2)n1)c1cccc(-n2[c-]cc(C(F)(F)F)n2)n1.Cc1ccc2cccc([O][Al][O]c3ccc(-c4ccccc4)cc3)c2n1.[Cu+2].[Ir].[Pt+2].[c-]1ccccc1-c1nccc2ccccc12.c1cc(-n2c3ccccc3c3ccccc32)cc(-n2c3ccccc3c3ccccc32)c1.c1ccc2c(c1)-c1nc-2nc2[n-]c(nc3nc(nc4[n-]c(n1)c1ccccc41)-c1ccccc1-3)c1ccccc21. The standard InChI is InChI=1S/C32H16N8.C30H20N2.C21H14F6N6.C15H10N.C12H10O.C10H9NO.Al.Cu.Ir.Pt/c1-2-10-18-17(9-1)25-33-26(18)38-28-21-13-5-6-14-22(21)30(35-28)40-32-24-16-8-7-15-23(24)31(36-32)39-29-20-12-4-3-11-19(20)27(34-29)37-25;1-5-16-27-23(12-1)24-13-2-6-17-28(24)31(27)21-10-9-11-22(20-21)32-29-18-7-3-14-25(29)26-15-4-8-19-30(26)32;1-19(2,13-5-3-7-17(28-13)32-11-9-15(30-32)20(22,23)24)14-6-4-8-18(29-14)33-12-10-16(31-33)21(25,26)27;1-2-7-13(8-3-1)15-14-9-5-4-6-12(14)10-11-16-15;13-12-8-6-11(7-9-12)10-4-2-1-3-5-10;1-7-5-6-8-3-2-4-9(12)10(8)11-7;;;;/h1-16H;1-20H;3-10H,1-2H3;1-7,9-11H;1-9,13H;2-6,12H,1H3;;;;/q-2;;-2;-1;;;2*+2;;+2/p-2. The van der Waals surface area contributed by atoms with Gasteiger partial charge in [-0.05, 0) is 155 Å². The van der Waals surface area contributed by atoms with E-state index in [-0.39, 0.29) is 69.9 Å². The number of pyridine rings is 4. The summed E-state index contributed by atoms with van der Waals surface area (Å²) in [6.45, 7) is 5.52. The van der Waals surface area contributed by atoms with Crippen molar-refractivity contribution in [1.29, 1.82) is 0 Å². The number of aryl methyl sites for hydroxylation is 1. The Morgan fingerprint density at radius 1 is 0.340 bits per heavy atom. The zero-order valence-electron chi connectivity index (χ0n) is 79.4. The largest absolute Gasteiger partial charge is 2.00 e. The molecule has 3 radical (unpaired) electrons. The molecule has 0 saturated heterocycles. The Balaban J connectivity index is 0.000000115. The Labute approximate surface area is 899 Å². The van der Waals surface area contributed by atoms with Crippen LogP contribution in [0, 0.1) is 25.4 Å². The Bertz CT molecular complexity index is 8860. The average molecular weight is 2390 g/mol. The molecule has 27 rings (SSSR count). The van der Waals surface area contributed by atoms with Crippen molar-refractivity contribution in [3.63, 3.8) is 0 Å². The van der Waals surface area contributed by atoms with Gasteiger partial charge in [0.25, 0.3) is 0 Å². The third-order valence-corrected chi connectivity index (χ3v) is 26.2. The van der Waals surface area contributed by atoms with Gasteiger partial charge in [0.05, 0.1) is 74.1 Å². The summed E-state index contributed by atoms with van der Waals surface area (Å²) in [5.41, 5.74) is 17.1. The molecule has 0 aliphatic carbocycles. The number of benzene rings is 14. The first kappa shape index (κ1) is 100. The number of fused-ring (bicyclic) bond motifs is 28.